The number of anilines is 2. The Morgan fingerprint density at radius 2 is 1.74 bits per heavy atom. The molecule has 198 valence electrons. The number of alkyl halides is 3. The molecule has 0 atom stereocenters. The average Bonchev–Trinajstić information content (AvgIpc) is 3.28. The van der Waals surface area contributed by atoms with E-state index >= 15 is 0 Å². The van der Waals surface area contributed by atoms with Crippen LogP contribution in [0.15, 0.2) is 78.0 Å². The van der Waals surface area contributed by atoms with Crippen LogP contribution in [0.4, 0.5) is 24.5 Å². The quantitative estimate of drug-likeness (QED) is 0.284. The van der Waals surface area contributed by atoms with Crippen LogP contribution in [0.5, 0.6) is 0 Å². The molecule has 1 aliphatic rings. The number of amides is 1. The molecule has 10 heteroatoms. The number of para-hydroxylation sites is 2. The molecule has 2 heterocycles. The third-order valence-corrected chi connectivity index (χ3v) is 7.34. The molecular formula is C28H27F3N4O2S. The van der Waals surface area contributed by atoms with Crippen LogP contribution < -0.4 is 10.2 Å². The third-order valence-electron chi connectivity index (χ3n) is 6.37. The second-order valence-electron chi connectivity index (χ2n) is 8.94. The number of hydrogen-bond donors (Lipinski definition) is 1. The highest BCUT2D eigenvalue weighted by molar-refractivity contribution is 7.99. The van der Waals surface area contributed by atoms with Gasteiger partial charge in [0.05, 0.1) is 46.9 Å². The Hall–Kier alpha value is -3.50. The van der Waals surface area contributed by atoms with E-state index in [-0.39, 0.29) is 11.4 Å². The van der Waals surface area contributed by atoms with Crippen LogP contribution in [0.1, 0.15) is 11.1 Å². The minimum atomic E-state index is -4.51. The summed E-state index contributed by atoms with van der Waals surface area (Å²) in [5.74, 6) is -0.390. The number of ether oxygens (including phenoxy) is 1. The number of imidazole rings is 1. The number of carbonyl (C=O) groups excluding carboxylic acids is 1. The van der Waals surface area contributed by atoms with Crippen LogP contribution >= 0.6 is 11.8 Å². The fourth-order valence-electron chi connectivity index (χ4n) is 4.47. The molecule has 1 aliphatic heterocycles. The summed E-state index contributed by atoms with van der Waals surface area (Å²) in [5, 5.41) is 3.41. The first-order valence-electron chi connectivity index (χ1n) is 12.3. The van der Waals surface area contributed by atoms with Crippen molar-refractivity contribution in [1.29, 1.82) is 0 Å². The first-order valence-corrected chi connectivity index (χ1v) is 13.3. The molecule has 0 spiro atoms. The van der Waals surface area contributed by atoms with E-state index in [4.69, 9.17) is 9.72 Å². The summed E-state index contributed by atoms with van der Waals surface area (Å²) < 4.78 is 47.7. The Bertz CT molecular complexity index is 1400. The summed E-state index contributed by atoms with van der Waals surface area (Å²) in [6.07, 6.45) is -3.71. The zero-order chi connectivity index (χ0) is 26.5. The minimum absolute atomic E-state index is 0.00740. The topological polar surface area (TPSA) is 59.4 Å². The van der Waals surface area contributed by atoms with Gasteiger partial charge < -0.3 is 19.5 Å². The highest BCUT2D eigenvalue weighted by atomic mass is 32.2. The fourth-order valence-corrected chi connectivity index (χ4v) is 5.31. The lowest BCUT2D eigenvalue weighted by atomic mass is 10.1. The van der Waals surface area contributed by atoms with Gasteiger partial charge >= 0.3 is 6.18 Å². The van der Waals surface area contributed by atoms with Gasteiger partial charge in [-0.15, -0.1) is 0 Å². The number of nitrogens with one attached hydrogen (secondary N) is 1. The third kappa shape index (κ3) is 6.14. The van der Waals surface area contributed by atoms with Crippen molar-refractivity contribution in [1.82, 2.24) is 9.55 Å². The number of halogens is 3. The minimum Gasteiger partial charge on any atom is -0.378 e. The van der Waals surface area contributed by atoms with Crippen molar-refractivity contribution in [3.63, 3.8) is 0 Å². The predicted octanol–water partition coefficient (Wildman–Crippen LogP) is 5.87. The van der Waals surface area contributed by atoms with E-state index in [0.29, 0.717) is 43.7 Å². The Morgan fingerprint density at radius 3 is 2.50 bits per heavy atom. The number of carbonyl (C=O) groups is 1. The van der Waals surface area contributed by atoms with Crippen molar-refractivity contribution in [2.45, 2.75) is 24.3 Å². The lowest BCUT2D eigenvalue weighted by Crippen LogP contribution is -2.37. The van der Waals surface area contributed by atoms with Crippen LogP contribution in [-0.4, -0.2) is 47.5 Å². The van der Waals surface area contributed by atoms with Crippen molar-refractivity contribution in [3.8, 4) is 0 Å². The summed E-state index contributed by atoms with van der Waals surface area (Å²) in [6, 6.07) is 21.4. The molecular weight excluding hydrogens is 513 g/mol. The SMILES string of the molecule is O=C(CSc1nc2ccccc2n1CCc1ccccc1)Nc1cc(C(F)(F)F)ccc1N1CCOCC1. The van der Waals surface area contributed by atoms with Crippen LogP contribution in [0.2, 0.25) is 0 Å². The maximum atomic E-state index is 13.4. The summed E-state index contributed by atoms with van der Waals surface area (Å²) >= 11 is 1.27. The predicted molar refractivity (Wildman–Crippen MR) is 144 cm³/mol. The summed E-state index contributed by atoms with van der Waals surface area (Å²) in [6.45, 7) is 2.71. The largest absolute Gasteiger partial charge is 0.416 e. The fraction of sp³-hybridized carbons (Fsp3) is 0.286. The number of fused-ring (bicyclic) bond motifs is 1. The van der Waals surface area contributed by atoms with Crippen molar-refractivity contribution < 1.29 is 22.7 Å². The monoisotopic (exact) mass is 540 g/mol. The molecule has 1 fully saturated rings. The number of thioether (sulfide) groups is 1. The van der Waals surface area contributed by atoms with Gasteiger partial charge in [0.2, 0.25) is 5.91 Å². The van der Waals surface area contributed by atoms with Gasteiger partial charge in [-0.2, -0.15) is 13.2 Å². The van der Waals surface area contributed by atoms with E-state index < -0.39 is 17.6 Å². The number of nitrogens with zero attached hydrogens (tertiary/aromatic N) is 3. The van der Waals surface area contributed by atoms with Crippen LogP contribution in [0, 0.1) is 0 Å². The zero-order valence-electron chi connectivity index (χ0n) is 20.6. The van der Waals surface area contributed by atoms with Crippen molar-refractivity contribution in [2.24, 2.45) is 0 Å². The summed E-state index contributed by atoms with van der Waals surface area (Å²) in [5.41, 5.74) is 2.88. The lowest BCUT2D eigenvalue weighted by Gasteiger charge is -2.31. The highest BCUT2D eigenvalue weighted by Crippen LogP contribution is 2.36. The molecule has 0 radical (unpaired) electrons. The maximum absolute atomic E-state index is 13.4. The van der Waals surface area contributed by atoms with E-state index in [2.05, 4.69) is 22.0 Å². The summed E-state index contributed by atoms with van der Waals surface area (Å²) in [7, 11) is 0. The molecule has 1 amide bonds. The van der Waals surface area contributed by atoms with Gasteiger partial charge in [-0.1, -0.05) is 54.2 Å². The van der Waals surface area contributed by atoms with Crippen LogP contribution in [0.25, 0.3) is 11.0 Å². The second-order valence-corrected chi connectivity index (χ2v) is 9.88. The molecule has 0 bridgehead atoms. The molecule has 4 aromatic rings. The number of aromatic nitrogens is 2. The van der Waals surface area contributed by atoms with E-state index in [0.717, 1.165) is 29.6 Å². The Balaban J connectivity index is 1.33. The van der Waals surface area contributed by atoms with Gasteiger partial charge in [-0.25, -0.2) is 4.98 Å². The lowest BCUT2D eigenvalue weighted by molar-refractivity contribution is -0.137. The normalized spacial score (nSPS) is 14.1. The highest BCUT2D eigenvalue weighted by Gasteiger charge is 2.32. The molecule has 5 rings (SSSR count). The molecule has 0 unspecified atom stereocenters. The van der Waals surface area contributed by atoms with Gasteiger partial charge in [-0.05, 0) is 42.3 Å². The smallest absolute Gasteiger partial charge is 0.378 e. The number of aryl methyl sites for hydroxylation is 2. The van der Waals surface area contributed by atoms with Gasteiger partial charge in [0.15, 0.2) is 5.16 Å². The standard InChI is InChI=1S/C28H27F3N4O2S/c29-28(30,31)21-10-11-24(34-14-16-37-17-15-34)23(18-21)32-26(36)19-38-27-33-22-8-4-5-9-25(22)35(27)13-12-20-6-2-1-3-7-20/h1-11,18H,12-17,19H2,(H,32,36). The number of rotatable bonds is 8. The molecule has 6 nitrogen and oxygen atoms in total. The van der Waals surface area contributed by atoms with Gasteiger partial charge in [0, 0.05) is 19.6 Å². The average molecular weight is 541 g/mol. The van der Waals surface area contributed by atoms with E-state index in [1.165, 1.54) is 23.4 Å². The Kier molecular flexibility index (Phi) is 7.90. The van der Waals surface area contributed by atoms with Crippen LogP contribution in [-0.2, 0) is 28.7 Å². The number of hydrogen-bond acceptors (Lipinski definition) is 5. The number of morpholine rings is 1. The van der Waals surface area contributed by atoms with Crippen LogP contribution in [0.3, 0.4) is 0 Å². The summed E-state index contributed by atoms with van der Waals surface area (Å²) in [4.78, 5) is 19.6. The first kappa shape index (κ1) is 26.1. The number of benzene rings is 3. The van der Waals surface area contributed by atoms with E-state index in [1.807, 2.05) is 47.4 Å². The van der Waals surface area contributed by atoms with E-state index in [9.17, 15) is 18.0 Å². The van der Waals surface area contributed by atoms with E-state index in [1.54, 1.807) is 0 Å². The second kappa shape index (κ2) is 11.5. The van der Waals surface area contributed by atoms with Gasteiger partial charge in [0.1, 0.15) is 0 Å². The maximum Gasteiger partial charge on any atom is 0.416 e. The Morgan fingerprint density at radius 1 is 1.00 bits per heavy atom. The van der Waals surface area contributed by atoms with Gasteiger partial charge in [0.25, 0.3) is 0 Å². The molecule has 1 saturated heterocycles. The molecule has 0 saturated carbocycles. The molecule has 1 N–H and O–H groups in total. The van der Waals surface area contributed by atoms with Crippen molar-refractivity contribution in [3.05, 3.63) is 83.9 Å². The Labute approximate surface area is 222 Å². The molecule has 1 aromatic heterocycles. The zero-order valence-corrected chi connectivity index (χ0v) is 21.4. The van der Waals surface area contributed by atoms with Crippen molar-refractivity contribution >= 4 is 40.1 Å². The van der Waals surface area contributed by atoms with Gasteiger partial charge in [-0.3, -0.25) is 4.79 Å². The molecule has 38 heavy (non-hydrogen) atoms. The molecule has 0 aliphatic carbocycles. The van der Waals surface area contributed by atoms with Crippen molar-refractivity contribution in [2.75, 3.05) is 42.3 Å². The first-order chi connectivity index (χ1) is 18.4. The molecule has 3 aromatic carbocycles.